The zero-order chi connectivity index (χ0) is 19.7. The van der Waals surface area contributed by atoms with Gasteiger partial charge in [0.1, 0.15) is 16.3 Å². The van der Waals surface area contributed by atoms with Gasteiger partial charge in [0.2, 0.25) is 0 Å². The van der Waals surface area contributed by atoms with E-state index in [0.29, 0.717) is 10.4 Å². The summed E-state index contributed by atoms with van der Waals surface area (Å²) in [5.74, 6) is -0.334. The van der Waals surface area contributed by atoms with Gasteiger partial charge in [0.15, 0.2) is 0 Å². The number of aryl methyl sites for hydroxylation is 2. The highest BCUT2D eigenvalue weighted by Gasteiger charge is 2.16. The molecule has 0 atom stereocenters. The Labute approximate surface area is 166 Å². The first-order valence-electron chi connectivity index (χ1n) is 8.75. The fourth-order valence-corrected chi connectivity index (χ4v) is 4.16. The Balaban J connectivity index is 1.46. The van der Waals surface area contributed by atoms with Gasteiger partial charge in [-0.15, -0.1) is 11.3 Å². The molecular formula is C22H17N3O2S. The Kier molecular flexibility index (Phi) is 4.68. The number of thiophene rings is 1. The van der Waals surface area contributed by atoms with Crippen LogP contribution in [-0.4, -0.2) is 15.7 Å². The zero-order valence-electron chi connectivity index (χ0n) is 15.5. The minimum absolute atomic E-state index is 0.199. The Bertz CT molecular complexity index is 1180. The molecule has 0 aliphatic heterocycles. The van der Waals surface area contributed by atoms with Crippen LogP contribution >= 0.6 is 11.3 Å². The minimum atomic E-state index is -0.334. The largest absolute Gasteiger partial charge is 0.457 e. The van der Waals surface area contributed by atoms with Crippen LogP contribution in [0.1, 0.15) is 26.5 Å². The molecule has 0 saturated heterocycles. The van der Waals surface area contributed by atoms with E-state index in [1.54, 1.807) is 10.7 Å². The van der Waals surface area contributed by atoms with Crippen molar-refractivity contribution >= 4 is 27.5 Å². The van der Waals surface area contributed by atoms with Gasteiger partial charge < -0.3 is 4.74 Å². The first kappa shape index (κ1) is 18.0. The van der Waals surface area contributed by atoms with Crippen molar-refractivity contribution in [2.24, 2.45) is 7.05 Å². The molecule has 2 aromatic heterocycles. The van der Waals surface area contributed by atoms with Gasteiger partial charge in [-0.2, -0.15) is 10.4 Å². The molecule has 0 saturated carbocycles. The predicted octanol–water partition coefficient (Wildman–Crippen LogP) is 4.84. The lowest BCUT2D eigenvalue weighted by Gasteiger charge is -2.07. The Morgan fingerprint density at radius 3 is 2.68 bits per heavy atom. The topological polar surface area (TPSA) is 67.9 Å². The Hall–Kier alpha value is -3.43. The lowest BCUT2D eigenvalue weighted by molar-refractivity contribution is 0.0478. The highest BCUT2D eigenvalue weighted by atomic mass is 32.1. The summed E-state index contributed by atoms with van der Waals surface area (Å²) in [6, 6.07) is 19.2. The number of nitrogens with zero attached hydrogens (tertiary/aromatic N) is 3. The standard InChI is InChI=1S/C22H17N3O2S/c1-14-19-11-20(28-21(19)25(2)24-14)22(26)27-13-15-7-9-16(10-8-15)18-6-4-3-5-17(18)12-23/h3-11H,13H2,1-2H3. The number of fused-ring (bicyclic) bond motifs is 1. The van der Waals surface area contributed by atoms with Gasteiger partial charge in [0.25, 0.3) is 0 Å². The third-order valence-corrected chi connectivity index (χ3v) is 5.76. The van der Waals surface area contributed by atoms with Gasteiger partial charge in [-0.05, 0) is 35.7 Å². The molecule has 0 fully saturated rings. The summed E-state index contributed by atoms with van der Waals surface area (Å²) in [7, 11) is 1.87. The molecule has 28 heavy (non-hydrogen) atoms. The lowest BCUT2D eigenvalue weighted by Crippen LogP contribution is -2.03. The highest BCUT2D eigenvalue weighted by molar-refractivity contribution is 7.20. The molecule has 0 radical (unpaired) electrons. The summed E-state index contributed by atoms with van der Waals surface area (Å²) < 4.78 is 7.25. The highest BCUT2D eigenvalue weighted by Crippen LogP contribution is 2.28. The number of aromatic nitrogens is 2. The quantitative estimate of drug-likeness (QED) is 0.470. The molecule has 0 unspecified atom stereocenters. The van der Waals surface area contributed by atoms with Gasteiger partial charge in [-0.3, -0.25) is 4.68 Å². The number of rotatable bonds is 4. The number of carbonyl (C=O) groups is 1. The van der Waals surface area contributed by atoms with Crippen molar-refractivity contribution in [3.05, 3.63) is 76.3 Å². The van der Waals surface area contributed by atoms with Gasteiger partial charge in [-0.1, -0.05) is 42.5 Å². The maximum Gasteiger partial charge on any atom is 0.348 e. The lowest BCUT2D eigenvalue weighted by atomic mass is 9.99. The van der Waals surface area contributed by atoms with Crippen molar-refractivity contribution < 1.29 is 9.53 Å². The molecule has 0 bridgehead atoms. The minimum Gasteiger partial charge on any atom is -0.457 e. The molecule has 2 heterocycles. The summed E-state index contributed by atoms with van der Waals surface area (Å²) in [5, 5.41) is 14.6. The van der Waals surface area contributed by atoms with Crippen molar-refractivity contribution in [3.63, 3.8) is 0 Å². The number of benzene rings is 2. The fourth-order valence-electron chi connectivity index (χ4n) is 3.14. The van der Waals surface area contributed by atoms with E-state index >= 15 is 0 Å². The normalized spacial score (nSPS) is 10.8. The zero-order valence-corrected chi connectivity index (χ0v) is 16.3. The molecule has 2 aromatic carbocycles. The van der Waals surface area contributed by atoms with E-state index in [-0.39, 0.29) is 12.6 Å². The molecule has 6 heteroatoms. The van der Waals surface area contributed by atoms with Gasteiger partial charge >= 0.3 is 5.97 Å². The molecule has 0 aliphatic rings. The van der Waals surface area contributed by atoms with Crippen LogP contribution in [0.5, 0.6) is 0 Å². The molecule has 4 aromatic rings. The van der Waals surface area contributed by atoms with Crippen molar-refractivity contribution in [2.45, 2.75) is 13.5 Å². The monoisotopic (exact) mass is 387 g/mol. The van der Waals surface area contributed by atoms with Crippen molar-refractivity contribution in [2.75, 3.05) is 0 Å². The van der Waals surface area contributed by atoms with Crippen molar-refractivity contribution in [1.29, 1.82) is 5.26 Å². The average molecular weight is 387 g/mol. The van der Waals surface area contributed by atoms with E-state index < -0.39 is 0 Å². The van der Waals surface area contributed by atoms with Crippen LogP contribution in [0, 0.1) is 18.3 Å². The smallest absolute Gasteiger partial charge is 0.348 e. The van der Waals surface area contributed by atoms with Crippen LogP contribution in [0.25, 0.3) is 21.3 Å². The second-order valence-electron chi connectivity index (χ2n) is 6.47. The number of nitriles is 1. The molecule has 5 nitrogen and oxygen atoms in total. The molecular weight excluding hydrogens is 370 g/mol. The van der Waals surface area contributed by atoms with Crippen LogP contribution in [0.3, 0.4) is 0 Å². The number of hydrogen-bond donors (Lipinski definition) is 0. The molecule has 0 N–H and O–H groups in total. The predicted molar refractivity (Wildman–Crippen MR) is 109 cm³/mol. The van der Waals surface area contributed by atoms with Crippen molar-refractivity contribution in [1.82, 2.24) is 9.78 Å². The summed E-state index contributed by atoms with van der Waals surface area (Å²) in [4.78, 5) is 13.9. The third-order valence-electron chi connectivity index (χ3n) is 4.58. The van der Waals surface area contributed by atoms with Gasteiger partial charge in [0, 0.05) is 12.4 Å². The molecule has 138 valence electrons. The van der Waals surface area contributed by atoms with Crippen LogP contribution in [0.2, 0.25) is 0 Å². The van der Waals surface area contributed by atoms with Crippen LogP contribution in [0.4, 0.5) is 0 Å². The molecule has 0 amide bonds. The Morgan fingerprint density at radius 1 is 1.21 bits per heavy atom. The maximum atomic E-state index is 12.4. The fraction of sp³-hybridized carbons (Fsp3) is 0.136. The number of ether oxygens (including phenoxy) is 1. The van der Waals surface area contributed by atoms with Gasteiger partial charge in [0.05, 0.1) is 17.3 Å². The average Bonchev–Trinajstić information content (AvgIpc) is 3.28. The third kappa shape index (κ3) is 3.28. The summed E-state index contributed by atoms with van der Waals surface area (Å²) in [6.07, 6.45) is 0. The van der Waals surface area contributed by atoms with E-state index in [1.807, 2.05) is 62.5 Å². The molecule has 0 spiro atoms. The van der Waals surface area contributed by atoms with E-state index in [1.165, 1.54) is 11.3 Å². The second kappa shape index (κ2) is 7.29. The summed E-state index contributed by atoms with van der Waals surface area (Å²) in [6.45, 7) is 2.13. The first-order valence-corrected chi connectivity index (χ1v) is 9.57. The van der Waals surface area contributed by atoms with Crippen LogP contribution < -0.4 is 0 Å². The van der Waals surface area contributed by atoms with Crippen LogP contribution in [-0.2, 0) is 18.4 Å². The van der Waals surface area contributed by atoms with E-state index in [0.717, 1.165) is 32.6 Å². The SMILES string of the molecule is Cc1nn(C)c2sc(C(=O)OCc3ccc(-c4ccccc4C#N)cc3)cc12. The Morgan fingerprint density at radius 2 is 1.96 bits per heavy atom. The first-order chi connectivity index (χ1) is 13.6. The number of esters is 1. The van der Waals surface area contributed by atoms with E-state index in [2.05, 4.69) is 11.2 Å². The maximum absolute atomic E-state index is 12.4. The van der Waals surface area contributed by atoms with Crippen molar-refractivity contribution in [3.8, 4) is 17.2 Å². The molecule has 4 rings (SSSR count). The number of hydrogen-bond acceptors (Lipinski definition) is 5. The van der Waals surface area contributed by atoms with E-state index in [9.17, 15) is 10.1 Å². The number of carbonyl (C=O) groups excluding carboxylic acids is 1. The van der Waals surface area contributed by atoms with Crippen LogP contribution in [0.15, 0.2) is 54.6 Å². The second-order valence-corrected chi connectivity index (χ2v) is 7.50. The molecule has 0 aliphatic carbocycles. The summed E-state index contributed by atoms with van der Waals surface area (Å²) >= 11 is 1.39. The summed E-state index contributed by atoms with van der Waals surface area (Å²) in [5.41, 5.74) is 4.28. The van der Waals surface area contributed by atoms with E-state index in [4.69, 9.17) is 4.74 Å². The van der Waals surface area contributed by atoms with Gasteiger partial charge in [-0.25, -0.2) is 4.79 Å².